The van der Waals surface area contributed by atoms with Crippen molar-refractivity contribution in [3.8, 4) is 22.8 Å². The molecule has 0 fully saturated rings. The van der Waals surface area contributed by atoms with Crippen molar-refractivity contribution in [2.45, 2.75) is 0 Å². The average Bonchev–Trinajstić information content (AvgIpc) is 3.12. The molecule has 0 unspecified atom stereocenters. The molecule has 3 aromatic rings. The van der Waals surface area contributed by atoms with E-state index in [9.17, 15) is 4.79 Å². The Morgan fingerprint density at radius 1 is 1.04 bits per heavy atom. The molecule has 0 aliphatic rings. The highest BCUT2D eigenvalue weighted by Crippen LogP contribution is 2.30. The molecule has 3 rings (SSSR count). The van der Waals surface area contributed by atoms with Crippen LogP contribution in [-0.4, -0.2) is 25.3 Å². The minimum absolute atomic E-state index is 0.166. The number of benzene rings is 2. The van der Waals surface area contributed by atoms with Crippen molar-refractivity contribution in [2.75, 3.05) is 19.5 Å². The number of amides is 1. The zero-order valence-corrected chi connectivity index (χ0v) is 14.3. The molecule has 0 radical (unpaired) electrons. The third kappa shape index (κ3) is 3.75. The maximum Gasteiger partial charge on any atom is 0.277 e. The number of carbonyl (C=O) groups is 1. The molecule has 25 heavy (non-hydrogen) atoms. The molecule has 2 aromatic carbocycles. The standard InChI is InChI=1S/C18H15ClN2O4/c1-23-15-8-7-13(9-17(15)24-2)20-18(22)14-10-16(25-21-14)11-3-5-12(19)6-4-11/h3-10H,1-2H3,(H,20,22). The summed E-state index contributed by atoms with van der Waals surface area (Å²) in [5.41, 5.74) is 1.50. The molecular weight excluding hydrogens is 344 g/mol. The fourth-order valence-electron chi connectivity index (χ4n) is 2.24. The monoisotopic (exact) mass is 358 g/mol. The number of ether oxygens (including phenoxy) is 2. The number of carbonyl (C=O) groups excluding carboxylic acids is 1. The highest BCUT2D eigenvalue weighted by atomic mass is 35.5. The first-order valence-electron chi connectivity index (χ1n) is 7.36. The van der Waals surface area contributed by atoms with Crippen LogP contribution >= 0.6 is 11.6 Å². The number of methoxy groups -OCH3 is 2. The van der Waals surface area contributed by atoms with Crippen LogP contribution in [0.1, 0.15) is 10.5 Å². The van der Waals surface area contributed by atoms with Crippen molar-refractivity contribution in [1.29, 1.82) is 0 Å². The lowest BCUT2D eigenvalue weighted by Crippen LogP contribution is -2.12. The van der Waals surface area contributed by atoms with Crippen LogP contribution in [0, 0.1) is 0 Å². The van der Waals surface area contributed by atoms with Crippen molar-refractivity contribution in [2.24, 2.45) is 0 Å². The quantitative estimate of drug-likeness (QED) is 0.737. The van der Waals surface area contributed by atoms with Crippen LogP contribution in [0.5, 0.6) is 11.5 Å². The van der Waals surface area contributed by atoms with Crippen LogP contribution in [0.15, 0.2) is 53.1 Å². The SMILES string of the molecule is COc1ccc(NC(=O)c2cc(-c3ccc(Cl)cc3)on2)cc1OC. The molecule has 0 bridgehead atoms. The number of nitrogens with zero attached hydrogens (tertiary/aromatic N) is 1. The van der Waals surface area contributed by atoms with Gasteiger partial charge in [-0.2, -0.15) is 0 Å². The predicted molar refractivity (Wildman–Crippen MR) is 94.4 cm³/mol. The number of anilines is 1. The number of nitrogens with one attached hydrogen (secondary N) is 1. The molecule has 6 nitrogen and oxygen atoms in total. The Morgan fingerprint density at radius 2 is 1.76 bits per heavy atom. The molecule has 0 saturated heterocycles. The number of hydrogen-bond donors (Lipinski definition) is 1. The van der Waals surface area contributed by atoms with E-state index < -0.39 is 5.91 Å². The Bertz CT molecular complexity index is 890. The zero-order chi connectivity index (χ0) is 17.8. The van der Waals surface area contributed by atoms with Crippen molar-refractivity contribution < 1.29 is 18.8 Å². The van der Waals surface area contributed by atoms with Gasteiger partial charge < -0.3 is 19.3 Å². The fourth-order valence-corrected chi connectivity index (χ4v) is 2.37. The first kappa shape index (κ1) is 16.9. The molecule has 0 spiro atoms. The number of halogens is 1. The molecule has 1 N–H and O–H groups in total. The third-order valence-electron chi connectivity index (χ3n) is 3.51. The van der Waals surface area contributed by atoms with E-state index in [2.05, 4.69) is 10.5 Å². The summed E-state index contributed by atoms with van der Waals surface area (Å²) >= 11 is 5.86. The summed E-state index contributed by atoms with van der Waals surface area (Å²) in [4.78, 5) is 12.3. The van der Waals surface area contributed by atoms with E-state index in [4.69, 9.17) is 25.6 Å². The summed E-state index contributed by atoms with van der Waals surface area (Å²) in [6.07, 6.45) is 0. The topological polar surface area (TPSA) is 73.6 Å². The van der Waals surface area contributed by atoms with Crippen LogP contribution in [0.4, 0.5) is 5.69 Å². The first-order chi connectivity index (χ1) is 12.1. The number of hydrogen-bond acceptors (Lipinski definition) is 5. The van der Waals surface area contributed by atoms with Gasteiger partial charge in [-0.15, -0.1) is 0 Å². The first-order valence-corrected chi connectivity index (χ1v) is 7.74. The molecule has 1 amide bonds. The lowest BCUT2D eigenvalue weighted by molar-refractivity contribution is 0.101. The highest BCUT2D eigenvalue weighted by molar-refractivity contribution is 6.30. The van der Waals surface area contributed by atoms with Gasteiger partial charge in [-0.1, -0.05) is 16.8 Å². The van der Waals surface area contributed by atoms with E-state index >= 15 is 0 Å². The summed E-state index contributed by atoms with van der Waals surface area (Å²) < 4.78 is 15.6. The van der Waals surface area contributed by atoms with Crippen molar-refractivity contribution >= 4 is 23.2 Å². The van der Waals surface area contributed by atoms with Crippen LogP contribution in [0.25, 0.3) is 11.3 Å². The smallest absolute Gasteiger partial charge is 0.277 e. The van der Waals surface area contributed by atoms with Gasteiger partial charge >= 0.3 is 0 Å². The van der Waals surface area contributed by atoms with Gasteiger partial charge in [-0.25, -0.2) is 0 Å². The summed E-state index contributed by atoms with van der Waals surface area (Å²) in [5, 5.41) is 7.17. The summed E-state index contributed by atoms with van der Waals surface area (Å²) in [5.74, 6) is 1.18. The zero-order valence-electron chi connectivity index (χ0n) is 13.6. The second-order valence-electron chi connectivity index (χ2n) is 5.11. The number of rotatable bonds is 5. The second kappa shape index (κ2) is 7.27. The molecule has 0 aliphatic heterocycles. The Balaban J connectivity index is 1.77. The van der Waals surface area contributed by atoms with Crippen molar-refractivity contribution in [3.05, 3.63) is 59.2 Å². The molecule has 0 saturated carbocycles. The van der Waals surface area contributed by atoms with E-state index in [1.165, 1.54) is 7.11 Å². The van der Waals surface area contributed by atoms with Crippen molar-refractivity contribution in [1.82, 2.24) is 5.16 Å². The average molecular weight is 359 g/mol. The lowest BCUT2D eigenvalue weighted by atomic mass is 10.1. The van der Waals surface area contributed by atoms with E-state index in [0.717, 1.165) is 5.56 Å². The van der Waals surface area contributed by atoms with Gasteiger partial charge in [0.25, 0.3) is 5.91 Å². The molecule has 7 heteroatoms. The minimum atomic E-state index is -0.392. The summed E-state index contributed by atoms with van der Waals surface area (Å²) in [6, 6.07) is 13.7. The third-order valence-corrected chi connectivity index (χ3v) is 3.76. The largest absolute Gasteiger partial charge is 0.493 e. The van der Waals surface area contributed by atoms with Crippen LogP contribution in [-0.2, 0) is 0 Å². The Hall–Kier alpha value is -2.99. The van der Waals surface area contributed by atoms with Gasteiger partial charge in [0.1, 0.15) is 0 Å². The van der Waals surface area contributed by atoms with Gasteiger partial charge in [0, 0.05) is 28.4 Å². The van der Waals surface area contributed by atoms with E-state index in [1.807, 2.05) is 0 Å². The molecule has 1 aromatic heterocycles. The molecule has 0 aliphatic carbocycles. The molecule has 1 heterocycles. The van der Waals surface area contributed by atoms with Gasteiger partial charge in [0.2, 0.25) is 0 Å². The molecule has 0 atom stereocenters. The van der Waals surface area contributed by atoms with Gasteiger partial charge in [0.15, 0.2) is 23.0 Å². The van der Waals surface area contributed by atoms with Crippen LogP contribution in [0.2, 0.25) is 5.02 Å². The highest BCUT2D eigenvalue weighted by Gasteiger charge is 2.15. The van der Waals surface area contributed by atoms with E-state index in [-0.39, 0.29) is 5.69 Å². The van der Waals surface area contributed by atoms with Gasteiger partial charge in [-0.3, -0.25) is 4.79 Å². The predicted octanol–water partition coefficient (Wildman–Crippen LogP) is 4.26. The Labute approximate surface area is 149 Å². The number of aromatic nitrogens is 1. The van der Waals surface area contributed by atoms with E-state index in [1.54, 1.807) is 55.6 Å². The van der Waals surface area contributed by atoms with Crippen molar-refractivity contribution in [3.63, 3.8) is 0 Å². The summed E-state index contributed by atoms with van der Waals surface area (Å²) in [6.45, 7) is 0. The molecular formula is C18H15ClN2O4. The lowest BCUT2D eigenvalue weighted by Gasteiger charge is -2.09. The van der Waals surface area contributed by atoms with Crippen LogP contribution in [0.3, 0.4) is 0 Å². The Kier molecular flexibility index (Phi) is 4.90. The second-order valence-corrected chi connectivity index (χ2v) is 5.54. The fraction of sp³-hybridized carbons (Fsp3) is 0.111. The van der Waals surface area contributed by atoms with Gasteiger partial charge in [0.05, 0.1) is 14.2 Å². The van der Waals surface area contributed by atoms with Crippen LogP contribution < -0.4 is 14.8 Å². The molecule has 128 valence electrons. The maximum absolute atomic E-state index is 12.3. The maximum atomic E-state index is 12.3. The van der Waals surface area contributed by atoms with E-state index in [0.29, 0.717) is 28.0 Å². The Morgan fingerprint density at radius 3 is 2.44 bits per heavy atom. The summed E-state index contributed by atoms with van der Waals surface area (Å²) in [7, 11) is 3.07. The minimum Gasteiger partial charge on any atom is -0.493 e. The van der Waals surface area contributed by atoms with Gasteiger partial charge in [-0.05, 0) is 36.4 Å². The normalized spacial score (nSPS) is 10.4.